The van der Waals surface area contributed by atoms with E-state index >= 15 is 0 Å². The average molecular weight is 249 g/mol. The fraction of sp³-hybridized carbons (Fsp3) is 0.231. The van der Waals surface area contributed by atoms with Gasteiger partial charge in [0.25, 0.3) is 0 Å². The van der Waals surface area contributed by atoms with Crippen molar-refractivity contribution >= 4 is 28.8 Å². The van der Waals surface area contributed by atoms with Gasteiger partial charge in [-0.2, -0.15) is 0 Å². The van der Waals surface area contributed by atoms with Gasteiger partial charge in [0.2, 0.25) is 0 Å². The Kier molecular flexibility index (Phi) is 4.31. The second-order valence-electron chi connectivity index (χ2n) is 3.36. The first-order chi connectivity index (χ1) is 7.90. The van der Waals surface area contributed by atoms with Crippen LogP contribution in [0.3, 0.4) is 0 Å². The molecule has 2 rings (SSSR count). The Morgan fingerprint density at radius 3 is 2.81 bits per heavy atom. The van der Waals surface area contributed by atoms with Gasteiger partial charge in [0.1, 0.15) is 0 Å². The summed E-state index contributed by atoms with van der Waals surface area (Å²) in [6.07, 6.45) is 0. The lowest BCUT2D eigenvalue weighted by atomic mass is 10.3. The monoisotopic (exact) mass is 249 g/mol. The van der Waals surface area contributed by atoms with Crippen molar-refractivity contribution in [2.75, 3.05) is 11.1 Å². The van der Waals surface area contributed by atoms with Crippen molar-refractivity contribution in [1.82, 2.24) is 0 Å². The zero-order chi connectivity index (χ0) is 11.2. The quantitative estimate of drug-likeness (QED) is 0.785. The van der Waals surface area contributed by atoms with Gasteiger partial charge in [-0.1, -0.05) is 25.1 Å². The maximum Gasteiger partial charge on any atom is 0.0494 e. The van der Waals surface area contributed by atoms with Crippen LogP contribution in [0.15, 0.2) is 46.7 Å². The van der Waals surface area contributed by atoms with Crippen molar-refractivity contribution < 1.29 is 0 Å². The number of para-hydroxylation sites is 1. The summed E-state index contributed by atoms with van der Waals surface area (Å²) in [7, 11) is 0. The number of thiophene rings is 1. The van der Waals surface area contributed by atoms with Crippen LogP contribution in [0.5, 0.6) is 0 Å². The normalized spacial score (nSPS) is 10.3. The van der Waals surface area contributed by atoms with Crippen LogP contribution in [-0.4, -0.2) is 5.75 Å². The molecule has 0 bridgehead atoms. The fourth-order valence-corrected chi connectivity index (χ4v) is 2.92. The van der Waals surface area contributed by atoms with Gasteiger partial charge in [-0.15, -0.1) is 23.1 Å². The zero-order valence-corrected chi connectivity index (χ0v) is 10.9. The first-order valence-electron chi connectivity index (χ1n) is 5.38. The summed E-state index contributed by atoms with van der Waals surface area (Å²) in [5.41, 5.74) is 1.24. The summed E-state index contributed by atoms with van der Waals surface area (Å²) < 4.78 is 0. The van der Waals surface area contributed by atoms with E-state index in [0.29, 0.717) is 0 Å². The van der Waals surface area contributed by atoms with E-state index in [2.05, 4.69) is 54.0 Å². The Morgan fingerprint density at radius 1 is 1.19 bits per heavy atom. The lowest BCUT2D eigenvalue weighted by Gasteiger charge is -2.09. The van der Waals surface area contributed by atoms with Crippen molar-refractivity contribution in [3.8, 4) is 0 Å². The molecule has 0 aliphatic carbocycles. The molecular weight excluding hydrogens is 234 g/mol. The van der Waals surface area contributed by atoms with E-state index in [1.807, 2.05) is 11.8 Å². The summed E-state index contributed by atoms with van der Waals surface area (Å²) in [4.78, 5) is 2.71. The Morgan fingerprint density at radius 2 is 2.06 bits per heavy atom. The van der Waals surface area contributed by atoms with Crippen LogP contribution in [-0.2, 0) is 6.54 Å². The van der Waals surface area contributed by atoms with E-state index < -0.39 is 0 Å². The molecule has 0 saturated heterocycles. The van der Waals surface area contributed by atoms with Crippen LogP contribution in [0.1, 0.15) is 11.8 Å². The second kappa shape index (κ2) is 5.97. The maximum absolute atomic E-state index is 3.49. The second-order valence-corrected chi connectivity index (χ2v) is 5.70. The van der Waals surface area contributed by atoms with Gasteiger partial charge < -0.3 is 5.32 Å². The number of anilines is 1. The number of benzene rings is 1. The highest BCUT2D eigenvalue weighted by atomic mass is 32.2. The fourth-order valence-electron chi connectivity index (χ4n) is 1.49. The lowest BCUT2D eigenvalue weighted by molar-refractivity contribution is 1.17. The molecule has 1 heterocycles. The molecule has 0 saturated carbocycles. The SMILES string of the molecule is CCSc1ccccc1NCc1cccs1. The van der Waals surface area contributed by atoms with Gasteiger partial charge in [-0.25, -0.2) is 0 Å². The van der Waals surface area contributed by atoms with Crippen molar-refractivity contribution in [2.24, 2.45) is 0 Å². The van der Waals surface area contributed by atoms with Gasteiger partial charge in [0.15, 0.2) is 0 Å². The minimum absolute atomic E-state index is 0.916. The predicted molar refractivity (Wildman–Crippen MR) is 74.5 cm³/mol. The molecule has 0 amide bonds. The third-order valence-electron chi connectivity index (χ3n) is 2.22. The Balaban J connectivity index is 2.03. The van der Waals surface area contributed by atoms with Crippen molar-refractivity contribution in [1.29, 1.82) is 0 Å². The van der Waals surface area contributed by atoms with E-state index in [1.54, 1.807) is 11.3 Å². The smallest absolute Gasteiger partial charge is 0.0494 e. The van der Waals surface area contributed by atoms with Gasteiger partial charge in [0.05, 0.1) is 0 Å². The molecule has 1 N–H and O–H groups in total. The van der Waals surface area contributed by atoms with E-state index in [0.717, 1.165) is 12.3 Å². The summed E-state index contributed by atoms with van der Waals surface area (Å²) in [6, 6.07) is 12.7. The topological polar surface area (TPSA) is 12.0 Å². The molecule has 1 aromatic carbocycles. The molecule has 0 spiro atoms. The number of rotatable bonds is 5. The van der Waals surface area contributed by atoms with Crippen LogP contribution in [0, 0.1) is 0 Å². The molecule has 0 atom stereocenters. The molecule has 0 radical (unpaired) electrons. The summed E-state index contributed by atoms with van der Waals surface area (Å²) in [5, 5.41) is 5.60. The third kappa shape index (κ3) is 3.03. The molecule has 0 fully saturated rings. The minimum atomic E-state index is 0.916. The van der Waals surface area contributed by atoms with Crippen LogP contribution in [0.2, 0.25) is 0 Å². The average Bonchev–Trinajstić information content (AvgIpc) is 2.81. The van der Waals surface area contributed by atoms with Crippen LogP contribution < -0.4 is 5.32 Å². The number of nitrogens with one attached hydrogen (secondary N) is 1. The highest BCUT2D eigenvalue weighted by Crippen LogP contribution is 2.27. The van der Waals surface area contributed by atoms with Crippen molar-refractivity contribution in [2.45, 2.75) is 18.4 Å². The highest BCUT2D eigenvalue weighted by Gasteiger charge is 2.01. The third-order valence-corrected chi connectivity index (χ3v) is 4.05. The maximum atomic E-state index is 3.49. The minimum Gasteiger partial charge on any atom is -0.379 e. The molecular formula is C13H15NS2. The Labute approximate surface area is 105 Å². The molecule has 84 valence electrons. The standard InChI is InChI=1S/C13H15NS2/c1-2-15-13-8-4-3-7-12(13)14-10-11-6-5-9-16-11/h3-9,14H,2,10H2,1H3. The summed E-state index contributed by atoms with van der Waals surface area (Å²) >= 11 is 3.67. The molecule has 0 aliphatic rings. The largest absolute Gasteiger partial charge is 0.379 e. The highest BCUT2D eigenvalue weighted by molar-refractivity contribution is 7.99. The summed E-state index contributed by atoms with van der Waals surface area (Å²) in [6.45, 7) is 3.10. The zero-order valence-electron chi connectivity index (χ0n) is 9.27. The number of thioether (sulfide) groups is 1. The molecule has 1 aromatic heterocycles. The Hall–Kier alpha value is -0.930. The van der Waals surface area contributed by atoms with Gasteiger partial charge in [-0.05, 0) is 29.3 Å². The molecule has 0 aliphatic heterocycles. The predicted octanol–water partition coefficient (Wildman–Crippen LogP) is 4.47. The van der Waals surface area contributed by atoms with Crippen LogP contribution in [0.4, 0.5) is 5.69 Å². The number of hydrogen-bond acceptors (Lipinski definition) is 3. The van der Waals surface area contributed by atoms with Crippen molar-refractivity contribution in [3.05, 3.63) is 46.7 Å². The first kappa shape index (κ1) is 11.6. The van der Waals surface area contributed by atoms with E-state index in [1.165, 1.54) is 15.5 Å². The van der Waals surface area contributed by atoms with E-state index in [9.17, 15) is 0 Å². The first-order valence-corrected chi connectivity index (χ1v) is 7.24. The lowest BCUT2D eigenvalue weighted by Crippen LogP contribution is -1.98. The molecule has 1 nitrogen and oxygen atoms in total. The number of hydrogen-bond donors (Lipinski definition) is 1. The van der Waals surface area contributed by atoms with Crippen molar-refractivity contribution in [3.63, 3.8) is 0 Å². The van der Waals surface area contributed by atoms with Gasteiger partial charge in [0, 0.05) is 22.0 Å². The van der Waals surface area contributed by atoms with Gasteiger partial charge in [-0.3, -0.25) is 0 Å². The molecule has 3 heteroatoms. The van der Waals surface area contributed by atoms with Crippen LogP contribution >= 0.6 is 23.1 Å². The molecule has 16 heavy (non-hydrogen) atoms. The molecule has 0 unspecified atom stereocenters. The van der Waals surface area contributed by atoms with Crippen LogP contribution in [0.25, 0.3) is 0 Å². The summed E-state index contributed by atoms with van der Waals surface area (Å²) in [5.74, 6) is 1.11. The van der Waals surface area contributed by atoms with Gasteiger partial charge >= 0.3 is 0 Å². The Bertz CT molecular complexity index is 423. The van der Waals surface area contributed by atoms with E-state index in [-0.39, 0.29) is 0 Å². The van der Waals surface area contributed by atoms with E-state index in [4.69, 9.17) is 0 Å². The molecule has 2 aromatic rings.